The van der Waals surface area contributed by atoms with Gasteiger partial charge >= 0.3 is 0 Å². The third-order valence-corrected chi connectivity index (χ3v) is 3.24. The molecule has 0 bridgehead atoms. The van der Waals surface area contributed by atoms with E-state index in [4.69, 9.17) is 4.74 Å². The molecule has 0 amide bonds. The Hall–Kier alpha value is -1.38. The Bertz CT molecular complexity index is 495. The van der Waals surface area contributed by atoms with Crippen LogP contribution in [0.2, 0.25) is 0 Å². The highest BCUT2D eigenvalue weighted by Crippen LogP contribution is 2.22. The second-order valence-electron chi connectivity index (χ2n) is 4.50. The minimum Gasteiger partial charge on any atom is -0.385 e. The van der Waals surface area contributed by atoms with Crippen LogP contribution in [0.1, 0.15) is 24.9 Å². The molecule has 0 saturated heterocycles. The lowest BCUT2D eigenvalue weighted by Gasteiger charge is -2.18. The molecule has 0 spiro atoms. The Kier molecular flexibility index (Phi) is 4.73. The predicted octanol–water partition coefficient (Wildman–Crippen LogP) is 3.53. The highest BCUT2D eigenvalue weighted by atomic mass is 16.5. The summed E-state index contributed by atoms with van der Waals surface area (Å²) in [6.45, 7) is 3.90. The number of hydrogen-bond donors (Lipinski definition) is 1. The molecule has 2 nitrogen and oxygen atoms in total. The van der Waals surface area contributed by atoms with E-state index in [0.717, 1.165) is 19.6 Å². The Morgan fingerprint density at radius 3 is 2.61 bits per heavy atom. The maximum absolute atomic E-state index is 5.19. The van der Waals surface area contributed by atoms with Gasteiger partial charge in [-0.3, -0.25) is 0 Å². The molecule has 1 atom stereocenters. The molecule has 0 fully saturated rings. The summed E-state index contributed by atoms with van der Waals surface area (Å²) >= 11 is 0. The van der Waals surface area contributed by atoms with Crippen LogP contribution in [0.25, 0.3) is 10.8 Å². The SMILES string of the molecule is CCNC(CCOC)c1ccc2ccccc2c1. The van der Waals surface area contributed by atoms with E-state index in [1.54, 1.807) is 7.11 Å². The minimum absolute atomic E-state index is 0.375. The Balaban J connectivity index is 2.25. The first-order valence-electron chi connectivity index (χ1n) is 6.56. The molecule has 0 aliphatic rings. The second-order valence-corrected chi connectivity index (χ2v) is 4.50. The molecule has 1 unspecified atom stereocenters. The summed E-state index contributed by atoms with van der Waals surface area (Å²) in [5.41, 5.74) is 1.34. The summed E-state index contributed by atoms with van der Waals surface area (Å²) < 4.78 is 5.19. The van der Waals surface area contributed by atoms with Crippen LogP contribution in [0, 0.1) is 0 Å². The Labute approximate surface area is 109 Å². The predicted molar refractivity (Wildman–Crippen MR) is 76.9 cm³/mol. The number of fused-ring (bicyclic) bond motifs is 1. The molecule has 2 aromatic rings. The van der Waals surface area contributed by atoms with Crippen molar-refractivity contribution in [2.45, 2.75) is 19.4 Å². The van der Waals surface area contributed by atoms with Crippen LogP contribution in [-0.4, -0.2) is 20.3 Å². The van der Waals surface area contributed by atoms with Crippen molar-refractivity contribution in [3.8, 4) is 0 Å². The van der Waals surface area contributed by atoms with Crippen molar-refractivity contribution in [2.24, 2.45) is 0 Å². The summed E-state index contributed by atoms with van der Waals surface area (Å²) in [6.07, 6.45) is 1.00. The number of benzene rings is 2. The van der Waals surface area contributed by atoms with E-state index < -0.39 is 0 Å². The highest BCUT2D eigenvalue weighted by molar-refractivity contribution is 5.83. The molecule has 96 valence electrons. The number of nitrogens with one attached hydrogen (secondary N) is 1. The summed E-state index contributed by atoms with van der Waals surface area (Å²) in [4.78, 5) is 0. The first-order chi connectivity index (χ1) is 8.85. The van der Waals surface area contributed by atoms with Gasteiger partial charge in [0.25, 0.3) is 0 Å². The fraction of sp³-hybridized carbons (Fsp3) is 0.375. The molecule has 2 rings (SSSR count). The monoisotopic (exact) mass is 243 g/mol. The minimum atomic E-state index is 0.375. The molecule has 2 aromatic carbocycles. The average Bonchev–Trinajstić information content (AvgIpc) is 2.43. The van der Waals surface area contributed by atoms with Crippen LogP contribution in [0.5, 0.6) is 0 Å². The molecular formula is C16H21NO. The zero-order valence-corrected chi connectivity index (χ0v) is 11.1. The van der Waals surface area contributed by atoms with Crippen molar-refractivity contribution < 1.29 is 4.74 Å². The van der Waals surface area contributed by atoms with E-state index in [0.29, 0.717) is 6.04 Å². The van der Waals surface area contributed by atoms with Crippen LogP contribution in [0.15, 0.2) is 42.5 Å². The van der Waals surface area contributed by atoms with Crippen molar-refractivity contribution >= 4 is 10.8 Å². The molecule has 0 heterocycles. The molecule has 0 aromatic heterocycles. The Morgan fingerprint density at radius 1 is 1.11 bits per heavy atom. The third kappa shape index (κ3) is 3.09. The van der Waals surface area contributed by atoms with Gasteiger partial charge in [0.1, 0.15) is 0 Å². The molecule has 18 heavy (non-hydrogen) atoms. The maximum Gasteiger partial charge on any atom is 0.0480 e. The number of rotatable bonds is 6. The van der Waals surface area contributed by atoms with E-state index in [1.807, 2.05) is 0 Å². The zero-order chi connectivity index (χ0) is 12.8. The lowest BCUT2D eigenvalue weighted by Crippen LogP contribution is -2.22. The van der Waals surface area contributed by atoms with Crippen LogP contribution < -0.4 is 5.32 Å². The molecule has 1 N–H and O–H groups in total. The molecule has 0 aliphatic heterocycles. The molecule has 0 saturated carbocycles. The summed E-state index contributed by atoms with van der Waals surface area (Å²) in [7, 11) is 1.75. The third-order valence-electron chi connectivity index (χ3n) is 3.24. The van der Waals surface area contributed by atoms with E-state index in [9.17, 15) is 0 Å². The van der Waals surface area contributed by atoms with Gasteiger partial charge in [-0.1, -0.05) is 43.3 Å². The zero-order valence-electron chi connectivity index (χ0n) is 11.1. The molecular weight excluding hydrogens is 222 g/mol. The van der Waals surface area contributed by atoms with Gasteiger partial charge in [-0.2, -0.15) is 0 Å². The topological polar surface area (TPSA) is 21.3 Å². The second kappa shape index (κ2) is 6.53. The quantitative estimate of drug-likeness (QED) is 0.838. The summed E-state index contributed by atoms with van der Waals surface area (Å²) in [5.74, 6) is 0. The highest BCUT2D eigenvalue weighted by Gasteiger charge is 2.10. The lowest BCUT2D eigenvalue weighted by atomic mass is 10.00. The van der Waals surface area contributed by atoms with Crippen molar-refractivity contribution in [1.29, 1.82) is 0 Å². The summed E-state index contributed by atoms with van der Waals surface area (Å²) in [5, 5.41) is 6.11. The number of methoxy groups -OCH3 is 1. The van der Waals surface area contributed by atoms with E-state index >= 15 is 0 Å². The van der Waals surface area contributed by atoms with Crippen molar-refractivity contribution in [3.05, 3.63) is 48.0 Å². The summed E-state index contributed by atoms with van der Waals surface area (Å²) in [6, 6.07) is 15.5. The molecule has 0 aliphatic carbocycles. The lowest BCUT2D eigenvalue weighted by molar-refractivity contribution is 0.183. The Morgan fingerprint density at radius 2 is 1.89 bits per heavy atom. The van der Waals surface area contributed by atoms with Crippen LogP contribution >= 0.6 is 0 Å². The van der Waals surface area contributed by atoms with Gasteiger partial charge in [-0.15, -0.1) is 0 Å². The largest absolute Gasteiger partial charge is 0.385 e. The average molecular weight is 243 g/mol. The first-order valence-corrected chi connectivity index (χ1v) is 6.56. The maximum atomic E-state index is 5.19. The molecule has 0 radical (unpaired) electrons. The van der Waals surface area contributed by atoms with E-state index in [1.165, 1.54) is 16.3 Å². The van der Waals surface area contributed by atoms with Crippen molar-refractivity contribution in [2.75, 3.05) is 20.3 Å². The van der Waals surface area contributed by atoms with Gasteiger partial charge in [0.2, 0.25) is 0 Å². The van der Waals surface area contributed by atoms with Gasteiger partial charge in [0.15, 0.2) is 0 Å². The first kappa shape index (κ1) is 13.1. The van der Waals surface area contributed by atoms with E-state index in [2.05, 4.69) is 54.7 Å². The molecule has 2 heteroatoms. The van der Waals surface area contributed by atoms with Gasteiger partial charge < -0.3 is 10.1 Å². The fourth-order valence-corrected chi connectivity index (χ4v) is 2.29. The normalized spacial score (nSPS) is 12.8. The van der Waals surface area contributed by atoms with Gasteiger partial charge in [-0.05, 0) is 35.4 Å². The van der Waals surface area contributed by atoms with Gasteiger partial charge in [0, 0.05) is 19.8 Å². The van der Waals surface area contributed by atoms with Crippen LogP contribution in [0.3, 0.4) is 0 Å². The standard InChI is InChI=1S/C16H21NO/c1-3-17-16(10-11-18-2)15-9-8-13-6-4-5-7-14(13)12-15/h4-9,12,16-17H,3,10-11H2,1-2H3. The smallest absolute Gasteiger partial charge is 0.0480 e. The van der Waals surface area contributed by atoms with Crippen LogP contribution in [0.4, 0.5) is 0 Å². The van der Waals surface area contributed by atoms with Crippen LogP contribution in [-0.2, 0) is 4.74 Å². The number of ether oxygens (including phenoxy) is 1. The van der Waals surface area contributed by atoms with E-state index in [-0.39, 0.29) is 0 Å². The fourth-order valence-electron chi connectivity index (χ4n) is 2.29. The number of hydrogen-bond acceptors (Lipinski definition) is 2. The van der Waals surface area contributed by atoms with Gasteiger partial charge in [0.05, 0.1) is 0 Å². The van der Waals surface area contributed by atoms with Gasteiger partial charge in [-0.25, -0.2) is 0 Å². The van der Waals surface area contributed by atoms with Crippen molar-refractivity contribution in [3.63, 3.8) is 0 Å². The van der Waals surface area contributed by atoms with Crippen molar-refractivity contribution in [1.82, 2.24) is 5.32 Å².